The lowest BCUT2D eigenvalue weighted by Crippen LogP contribution is -2.19. The lowest BCUT2D eigenvalue weighted by atomic mass is 10.1. The molecule has 31 heavy (non-hydrogen) atoms. The maximum Gasteiger partial charge on any atom is 0.335 e. The lowest BCUT2D eigenvalue weighted by Gasteiger charge is -2.02. The number of furan rings is 1. The number of hydrogen-bond donors (Lipinski definition) is 2. The molecule has 2 heterocycles. The van der Waals surface area contributed by atoms with Gasteiger partial charge < -0.3 is 14.8 Å². The highest BCUT2D eigenvalue weighted by Gasteiger charge is 2.25. The number of nitrogens with zero attached hydrogens (tertiary/aromatic N) is 1. The molecule has 1 aliphatic heterocycles. The highest BCUT2D eigenvalue weighted by molar-refractivity contribution is 8.18. The molecule has 6 nitrogen and oxygen atoms in total. The van der Waals surface area contributed by atoms with E-state index in [2.05, 4.69) is 10.3 Å². The fraction of sp³-hybridized carbons (Fsp3) is 0. The second kappa shape index (κ2) is 8.80. The quantitative estimate of drug-likeness (QED) is 0.405. The van der Waals surface area contributed by atoms with E-state index in [1.165, 1.54) is 18.2 Å². The summed E-state index contributed by atoms with van der Waals surface area (Å²) in [6, 6.07) is 12.7. The van der Waals surface area contributed by atoms with Gasteiger partial charge in [-0.1, -0.05) is 40.9 Å². The number of carbonyl (C=O) groups excluding carboxylic acids is 1. The first-order valence-corrected chi connectivity index (χ1v) is 10.6. The van der Waals surface area contributed by atoms with Gasteiger partial charge in [-0.05, 0) is 54.2 Å². The van der Waals surface area contributed by atoms with E-state index in [1.807, 2.05) is 0 Å². The molecule has 4 rings (SSSR count). The van der Waals surface area contributed by atoms with Gasteiger partial charge in [0.25, 0.3) is 5.91 Å². The summed E-state index contributed by atoms with van der Waals surface area (Å²) in [4.78, 5) is 28.2. The zero-order chi connectivity index (χ0) is 22.1. The maximum atomic E-state index is 12.3. The van der Waals surface area contributed by atoms with Crippen LogP contribution < -0.4 is 5.32 Å². The summed E-state index contributed by atoms with van der Waals surface area (Å²) in [7, 11) is 0. The second-order valence-corrected chi connectivity index (χ2v) is 8.48. The molecule has 0 spiro atoms. The van der Waals surface area contributed by atoms with Crippen LogP contribution in [0.5, 0.6) is 0 Å². The van der Waals surface area contributed by atoms with Crippen LogP contribution in [0.4, 0.5) is 5.69 Å². The molecule has 0 atom stereocenters. The third kappa shape index (κ3) is 4.65. The van der Waals surface area contributed by atoms with Gasteiger partial charge >= 0.3 is 5.97 Å². The van der Waals surface area contributed by atoms with Crippen molar-refractivity contribution in [2.75, 3.05) is 0 Å². The number of aromatic carboxylic acids is 1. The number of rotatable bonds is 4. The van der Waals surface area contributed by atoms with Gasteiger partial charge in [-0.3, -0.25) is 4.79 Å². The largest absolute Gasteiger partial charge is 0.478 e. The predicted molar refractivity (Wildman–Crippen MR) is 123 cm³/mol. The van der Waals surface area contributed by atoms with Gasteiger partial charge in [-0.2, -0.15) is 0 Å². The van der Waals surface area contributed by atoms with Crippen LogP contribution in [0.2, 0.25) is 15.1 Å². The topological polar surface area (TPSA) is 91.9 Å². The SMILES string of the molecule is O=C1N/C(=N/c2cccc(Cl)c2Cl)S/C1=C\c1ccc(-c2cc(C(=O)O)ccc2Cl)o1. The van der Waals surface area contributed by atoms with Gasteiger partial charge in [-0.15, -0.1) is 0 Å². The summed E-state index contributed by atoms with van der Waals surface area (Å²) >= 11 is 19.4. The third-order valence-electron chi connectivity index (χ3n) is 4.18. The number of carboxylic acid groups (broad SMARTS) is 1. The molecule has 0 bridgehead atoms. The number of carbonyl (C=O) groups is 2. The Morgan fingerprint density at radius 1 is 1.10 bits per heavy atom. The van der Waals surface area contributed by atoms with Crippen LogP contribution in [0.25, 0.3) is 17.4 Å². The first kappa shape index (κ1) is 21.5. The van der Waals surface area contributed by atoms with Gasteiger partial charge in [0.15, 0.2) is 5.17 Å². The average molecular weight is 494 g/mol. The maximum absolute atomic E-state index is 12.3. The average Bonchev–Trinajstić information content (AvgIpc) is 3.32. The van der Waals surface area contributed by atoms with Crippen molar-refractivity contribution in [3.8, 4) is 11.3 Å². The van der Waals surface area contributed by atoms with Crippen molar-refractivity contribution in [2.45, 2.75) is 0 Å². The van der Waals surface area contributed by atoms with Crippen molar-refractivity contribution in [3.05, 3.63) is 79.8 Å². The number of hydrogen-bond acceptors (Lipinski definition) is 5. The minimum atomic E-state index is -1.07. The highest BCUT2D eigenvalue weighted by Crippen LogP contribution is 2.35. The summed E-state index contributed by atoms with van der Waals surface area (Å²) in [5.41, 5.74) is 0.959. The number of amidine groups is 1. The number of halogens is 3. The van der Waals surface area contributed by atoms with Gasteiger partial charge in [-0.25, -0.2) is 9.79 Å². The minimum Gasteiger partial charge on any atom is -0.478 e. The molecule has 0 aliphatic carbocycles. The zero-order valence-electron chi connectivity index (χ0n) is 15.4. The Bertz CT molecular complexity index is 1280. The van der Waals surface area contributed by atoms with Crippen molar-refractivity contribution >= 4 is 75.4 Å². The molecule has 0 unspecified atom stereocenters. The van der Waals surface area contributed by atoms with Crippen LogP contribution in [-0.4, -0.2) is 22.2 Å². The van der Waals surface area contributed by atoms with E-state index in [-0.39, 0.29) is 11.5 Å². The van der Waals surface area contributed by atoms with Crippen molar-refractivity contribution < 1.29 is 19.1 Å². The molecule has 2 N–H and O–H groups in total. The fourth-order valence-electron chi connectivity index (χ4n) is 2.72. The van der Waals surface area contributed by atoms with Gasteiger partial charge in [0.05, 0.1) is 31.2 Å². The molecule has 1 aromatic heterocycles. The molecule has 0 radical (unpaired) electrons. The summed E-state index contributed by atoms with van der Waals surface area (Å²) in [6.45, 7) is 0. The van der Waals surface area contributed by atoms with E-state index < -0.39 is 5.97 Å². The zero-order valence-corrected chi connectivity index (χ0v) is 18.4. The smallest absolute Gasteiger partial charge is 0.335 e. The van der Waals surface area contributed by atoms with E-state index in [1.54, 1.807) is 36.4 Å². The Hall–Kier alpha value is -2.71. The van der Waals surface area contributed by atoms with E-state index in [0.717, 1.165) is 11.8 Å². The first-order chi connectivity index (χ1) is 14.8. The molecule has 1 fully saturated rings. The van der Waals surface area contributed by atoms with Gasteiger partial charge in [0, 0.05) is 11.6 Å². The van der Waals surface area contributed by atoms with Gasteiger partial charge in [0.1, 0.15) is 11.5 Å². The van der Waals surface area contributed by atoms with Crippen LogP contribution in [0.15, 0.2) is 62.8 Å². The van der Waals surface area contributed by atoms with Crippen LogP contribution in [0.1, 0.15) is 16.1 Å². The molecule has 1 saturated heterocycles. The Morgan fingerprint density at radius 2 is 1.90 bits per heavy atom. The number of amides is 1. The Balaban J connectivity index is 1.59. The highest BCUT2D eigenvalue weighted by atomic mass is 35.5. The monoisotopic (exact) mass is 492 g/mol. The minimum absolute atomic E-state index is 0.0851. The summed E-state index contributed by atoms with van der Waals surface area (Å²) in [5, 5.41) is 13.2. The molecule has 1 aliphatic rings. The van der Waals surface area contributed by atoms with Crippen LogP contribution in [0, 0.1) is 0 Å². The lowest BCUT2D eigenvalue weighted by molar-refractivity contribution is -0.115. The second-order valence-electron chi connectivity index (χ2n) is 6.26. The van der Waals surface area contributed by atoms with Gasteiger partial charge in [0.2, 0.25) is 0 Å². The molecule has 3 aromatic rings. The number of nitrogens with one attached hydrogen (secondary N) is 1. The van der Waals surface area contributed by atoms with Crippen LogP contribution in [0.3, 0.4) is 0 Å². The summed E-state index contributed by atoms with van der Waals surface area (Å²) in [6.07, 6.45) is 1.56. The van der Waals surface area contributed by atoms with Crippen molar-refractivity contribution in [1.29, 1.82) is 0 Å². The van der Waals surface area contributed by atoms with Crippen molar-refractivity contribution in [1.82, 2.24) is 5.32 Å². The first-order valence-electron chi connectivity index (χ1n) is 8.68. The molecule has 0 saturated carbocycles. The third-order valence-corrected chi connectivity index (χ3v) is 6.23. The predicted octanol–water partition coefficient (Wildman–Crippen LogP) is 6.50. The molecule has 1 amide bonds. The van der Waals surface area contributed by atoms with E-state index in [0.29, 0.717) is 47.9 Å². The number of carboxylic acids is 1. The van der Waals surface area contributed by atoms with E-state index in [4.69, 9.17) is 39.2 Å². The molecular formula is C21H11Cl3N2O4S. The normalized spacial score (nSPS) is 16.2. The molecule has 2 aromatic carbocycles. The number of aliphatic imine (C=N–C) groups is 1. The summed E-state index contributed by atoms with van der Waals surface area (Å²) < 4.78 is 5.76. The van der Waals surface area contributed by atoms with Crippen LogP contribution in [-0.2, 0) is 4.79 Å². The van der Waals surface area contributed by atoms with Crippen molar-refractivity contribution in [3.63, 3.8) is 0 Å². The summed E-state index contributed by atoms with van der Waals surface area (Å²) in [5.74, 6) is -0.641. The Morgan fingerprint density at radius 3 is 2.68 bits per heavy atom. The van der Waals surface area contributed by atoms with Crippen molar-refractivity contribution in [2.24, 2.45) is 4.99 Å². The Labute approximate surface area is 195 Å². The number of benzene rings is 2. The fourth-order valence-corrected chi connectivity index (χ4v) is 4.08. The number of thioether (sulfide) groups is 1. The van der Waals surface area contributed by atoms with Crippen LogP contribution >= 0.6 is 46.6 Å². The Kier molecular flexibility index (Phi) is 6.11. The molecule has 10 heteroatoms. The van der Waals surface area contributed by atoms with E-state index >= 15 is 0 Å². The molecular weight excluding hydrogens is 483 g/mol. The standard InChI is InChI=1S/C21H11Cl3N2O4S/c22-13-6-4-10(20(28)29)8-12(13)16-7-5-11(30-16)9-17-19(27)26-21(31-17)25-15-3-1-2-14(23)18(15)24/h1-9H,(H,28,29)(H,25,26,27)/b17-9-. The molecule has 156 valence electrons. The van der Waals surface area contributed by atoms with E-state index in [9.17, 15) is 14.7 Å².